The smallest absolute Gasteiger partial charge is 0.481 e. The van der Waals surface area contributed by atoms with Gasteiger partial charge in [0.1, 0.15) is 0 Å². The van der Waals surface area contributed by atoms with Crippen molar-refractivity contribution in [2.24, 2.45) is 0 Å². The first kappa shape index (κ1) is 20.1. The number of unbranched alkanes of at least 4 members (excludes halogenated alkanes) is 3. The van der Waals surface area contributed by atoms with Gasteiger partial charge in [-0.2, -0.15) is 6.92 Å². The van der Waals surface area contributed by atoms with Crippen molar-refractivity contribution in [1.82, 2.24) is 0 Å². The van der Waals surface area contributed by atoms with Gasteiger partial charge in [-0.3, -0.25) is 9.59 Å². The first-order chi connectivity index (χ1) is 6.63. The van der Waals surface area contributed by atoms with E-state index in [1.54, 1.807) is 6.92 Å². The summed E-state index contributed by atoms with van der Waals surface area (Å²) >= 11 is 0. The third-order valence-corrected chi connectivity index (χ3v) is 1.53. The van der Waals surface area contributed by atoms with Gasteiger partial charge in [0, 0.05) is 12.8 Å². The van der Waals surface area contributed by atoms with Crippen molar-refractivity contribution in [3.63, 3.8) is 0 Å². The van der Waals surface area contributed by atoms with Gasteiger partial charge in [-0.05, 0) is 12.8 Å². The maximum absolute atomic E-state index is 10.0. The molecule has 0 amide bonds. The number of hydrogen-bond donors (Lipinski definition) is 2. The van der Waals surface area contributed by atoms with E-state index in [0.717, 1.165) is 12.8 Å². The molecular weight excluding hydrogens is 292 g/mol. The topological polar surface area (TPSA) is 74.6 Å². The van der Waals surface area contributed by atoms with Gasteiger partial charge in [-0.1, -0.05) is 12.8 Å². The minimum Gasteiger partial charge on any atom is -0.481 e. The van der Waals surface area contributed by atoms with Crippen LogP contribution in [0.5, 0.6) is 0 Å². The van der Waals surface area contributed by atoms with E-state index in [9.17, 15) is 9.59 Å². The van der Waals surface area contributed by atoms with Crippen LogP contribution in [0, 0.1) is 6.92 Å². The first-order valence-corrected chi connectivity index (χ1v) is 4.77. The van der Waals surface area contributed by atoms with E-state index in [4.69, 9.17) is 10.2 Å². The molecule has 0 unspecified atom stereocenters. The number of aliphatic carboxylic acids is 2. The van der Waals surface area contributed by atoms with Crippen molar-refractivity contribution in [2.45, 2.75) is 45.4 Å². The van der Waals surface area contributed by atoms with E-state index in [2.05, 4.69) is 6.92 Å². The number of rotatable bonds is 7. The summed E-state index contributed by atoms with van der Waals surface area (Å²) in [7, 11) is 0. The molecule has 0 aliphatic heterocycles. The Morgan fingerprint density at radius 3 is 1.33 bits per heavy atom. The van der Waals surface area contributed by atoms with E-state index in [-0.39, 0.29) is 35.2 Å². The Morgan fingerprint density at radius 1 is 0.867 bits per heavy atom. The molecule has 0 bridgehead atoms. The molecule has 0 fully saturated rings. The second-order valence-electron chi connectivity index (χ2n) is 2.70. The van der Waals surface area contributed by atoms with Crippen LogP contribution in [-0.4, -0.2) is 22.2 Å². The van der Waals surface area contributed by atoms with Crippen LogP contribution in [-0.2, 0) is 32.0 Å². The summed E-state index contributed by atoms with van der Waals surface area (Å²) in [4.78, 5) is 20.1. The Kier molecular flexibility index (Phi) is 21.6. The van der Waals surface area contributed by atoms with Crippen LogP contribution >= 0.6 is 0 Å². The van der Waals surface area contributed by atoms with Crippen molar-refractivity contribution in [3.05, 3.63) is 6.92 Å². The van der Waals surface area contributed by atoms with E-state index >= 15 is 0 Å². The molecule has 0 aromatic heterocycles. The fourth-order valence-corrected chi connectivity index (χ4v) is 0.906. The van der Waals surface area contributed by atoms with Gasteiger partial charge in [-0.25, -0.2) is 0 Å². The molecule has 94 valence electrons. The minimum absolute atomic E-state index is 0. The molecule has 0 aliphatic rings. The molecule has 0 rings (SSSR count). The molecule has 4 nitrogen and oxygen atoms in total. The standard InChI is InChI=1S/C8H14O4.C2H5.Ag/c9-7(10)5-3-1-2-4-6-8(11)12;1-2;/h1-6H2,(H,9,10)(H,11,12);1H2,2H3;/q;-1;+1. The molecule has 0 heterocycles. The van der Waals surface area contributed by atoms with Gasteiger partial charge in [0.05, 0.1) is 0 Å². The van der Waals surface area contributed by atoms with Crippen molar-refractivity contribution in [1.29, 1.82) is 0 Å². The van der Waals surface area contributed by atoms with Crippen LogP contribution in [0.2, 0.25) is 0 Å². The number of carboxylic acid groups (broad SMARTS) is 2. The molecule has 0 aromatic rings. The first-order valence-electron chi connectivity index (χ1n) is 4.77. The van der Waals surface area contributed by atoms with Gasteiger partial charge in [0.15, 0.2) is 0 Å². The van der Waals surface area contributed by atoms with Crippen LogP contribution in [0.15, 0.2) is 0 Å². The van der Waals surface area contributed by atoms with E-state index in [0.29, 0.717) is 12.8 Å². The Bertz CT molecular complexity index is 142. The molecule has 0 atom stereocenters. The van der Waals surface area contributed by atoms with E-state index < -0.39 is 11.9 Å². The van der Waals surface area contributed by atoms with Crippen molar-refractivity contribution >= 4 is 11.9 Å². The second kappa shape index (κ2) is 16.1. The summed E-state index contributed by atoms with van der Waals surface area (Å²) in [6.45, 7) is 5.00. The average molecular weight is 311 g/mol. The monoisotopic (exact) mass is 310 g/mol. The molecule has 0 aromatic carbocycles. The van der Waals surface area contributed by atoms with Crippen LogP contribution in [0.3, 0.4) is 0 Å². The quantitative estimate of drug-likeness (QED) is 0.430. The van der Waals surface area contributed by atoms with Crippen molar-refractivity contribution in [2.75, 3.05) is 0 Å². The molecular formula is C10H19AgO4. The van der Waals surface area contributed by atoms with Crippen LogP contribution in [0.25, 0.3) is 0 Å². The number of hydrogen-bond acceptors (Lipinski definition) is 2. The van der Waals surface area contributed by atoms with Crippen molar-refractivity contribution < 1.29 is 42.2 Å². The Morgan fingerprint density at radius 2 is 1.13 bits per heavy atom. The predicted octanol–water partition coefficient (Wildman–Crippen LogP) is 2.33. The number of carbonyl (C=O) groups is 2. The number of carboxylic acids is 2. The van der Waals surface area contributed by atoms with E-state index in [1.807, 2.05) is 0 Å². The third-order valence-electron chi connectivity index (χ3n) is 1.53. The van der Waals surface area contributed by atoms with Gasteiger partial charge in [0.25, 0.3) is 0 Å². The summed E-state index contributed by atoms with van der Waals surface area (Å²) < 4.78 is 0. The molecule has 0 spiro atoms. The molecule has 0 radical (unpaired) electrons. The second-order valence-corrected chi connectivity index (χ2v) is 2.70. The Balaban J connectivity index is -0.000000449. The van der Waals surface area contributed by atoms with E-state index in [1.165, 1.54) is 0 Å². The zero-order valence-corrected chi connectivity index (χ0v) is 10.4. The maximum Gasteiger partial charge on any atom is 1.00 e. The Hall–Kier alpha value is -0.320. The Labute approximate surface area is 107 Å². The van der Waals surface area contributed by atoms with Gasteiger partial charge in [0.2, 0.25) is 0 Å². The summed E-state index contributed by atoms with van der Waals surface area (Å²) in [5.74, 6) is -1.57. The van der Waals surface area contributed by atoms with Gasteiger partial charge >= 0.3 is 34.3 Å². The molecule has 5 heteroatoms. The zero-order chi connectivity index (χ0) is 11.4. The largest absolute Gasteiger partial charge is 1.00 e. The fourth-order valence-electron chi connectivity index (χ4n) is 0.906. The van der Waals surface area contributed by atoms with Gasteiger partial charge in [-0.15, -0.1) is 0 Å². The maximum atomic E-state index is 10.0. The summed E-state index contributed by atoms with van der Waals surface area (Å²) in [5, 5.41) is 16.5. The summed E-state index contributed by atoms with van der Waals surface area (Å²) in [5.41, 5.74) is 0. The normalized spacial score (nSPS) is 8.13. The average Bonchev–Trinajstić information content (AvgIpc) is 2.13. The van der Waals surface area contributed by atoms with Gasteiger partial charge < -0.3 is 17.1 Å². The minimum atomic E-state index is -0.784. The SMILES string of the molecule is O=C(O)CCCCCCC(=O)O.[Ag+].[CH2-]C. The molecule has 15 heavy (non-hydrogen) atoms. The van der Waals surface area contributed by atoms with Crippen LogP contribution < -0.4 is 0 Å². The van der Waals surface area contributed by atoms with Crippen LogP contribution in [0.4, 0.5) is 0 Å². The summed E-state index contributed by atoms with van der Waals surface area (Å²) in [6.07, 6.45) is 3.28. The molecule has 0 aliphatic carbocycles. The zero-order valence-electron chi connectivity index (χ0n) is 8.96. The predicted molar refractivity (Wildman–Crippen MR) is 54.0 cm³/mol. The molecule has 2 N–H and O–H groups in total. The third kappa shape index (κ3) is 24.8. The fraction of sp³-hybridized carbons (Fsp3) is 0.700. The molecule has 0 saturated carbocycles. The van der Waals surface area contributed by atoms with Crippen molar-refractivity contribution in [3.8, 4) is 0 Å². The van der Waals surface area contributed by atoms with Crippen LogP contribution in [0.1, 0.15) is 45.4 Å². The molecule has 0 saturated heterocycles. The summed E-state index contributed by atoms with van der Waals surface area (Å²) in [6, 6.07) is 0.